The fourth-order valence-corrected chi connectivity index (χ4v) is 2.31. The maximum absolute atomic E-state index is 12.4. The van der Waals surface area contributed by atoms with Crippen molar-refractivity contribution in [2.24, 2.45) is 4.99 Å². The molecule has 0 saturated heterocycles. The minimum atomic E-state index is -4.26. The predicted octanol–water partition coefficient (Wildman–Crippen LogP) is 5.27. The first-order chi connectivity index (χ1) is 9.54. The van der Waals surface area contributed by atoms with Crippen LogP contribution < -0.4 is 0 Å². The molecule has 1 aliphatic heterocycles. The number of hydrogen-bond donors (Lipinski definition) is 0. The molecule has 1 aliphatic rings. The number of rotatable bonds is 10. The maximum Gasteiger partial charge on any atom is 0.414 e. The quantitative estimate of drug-likeness (QED) is 0.503. The van der Waals surface area contributed by atoms with Crippen LogP contribution in [0, 0.1) is 0 Å². The summed E-state index contributed by atoms with van der Waals surface area (Å²) in [5, 5.41) is 0. The van der Waals surface area contributed by atoms with Gasteiger partial charge in [-0.05, 0) is 6.42 Å². The summed E-state index contributed by atoms with van der Waals surface area (Å²) in [6.07, 6.45) is 7.06. The van der Waals surface area contributed by atoms with Crippen LogP contribution in [0.15, 0.2) is 4.99 Å². The molecule has 2 nitrogen and oxygen atoms in total. The van der Waals surface area contributed by atoms with E-state index in [9.17, 15) is 13.2 Å². The Bertz CT molecular complexity index is 289. The molecule has 1 rings (SSSR count). The van der Waals surface area contributed by atoms with Crippen LogP contribution >= 0.6 is 0 Å². The lowest BCUT2D eigenvalue weighted by atomic mass is 10.1. The Balaban J connectivity index is 1.97. The van der Waals surface area contributed by atoms with Crippen LogP contribution in [0.1, 0.15) is 71.1 Å². The highest BCUT2D eigenvalue weighted by molar-refractivity contribution is 5.77. The van der Waals surface area contributed by atoms with Crippen molar-refractivity contribution in [1.29, 1.82) is 0 Å². The van der Waals surface area contributed by atoms with Gasteiger partial charge in [0, 0.05) is 6.42 Å². The normalized spacial score (nSPS) is 19.0. The molecule has 20 heavy (non-hydrogen) atoms. The van der Waals surface area contributed by atoms with Crippen molar-refractivity contribution >= 4 is 5.90 Å². The molecule has 5 heteroatoms. The monoisotopic (exact) mass is 293 g/mol. The number of halogens is 3. The van der Waals surface area contributed by atoms with Gasteiger partial charge in [0.1, 0.15) is 6.61 Å². The van der Waals surface area contributed by atoms with Crippen molar-refractivity contribution in [2.45, 2.75) is 83.4 Å². The third-order valence-corrected chi connectivity index (χ3v) is 3.58. The largest absolute Gasteiger partial charge is 0.478 e. The zero-order valence-corrected chi connectivity index (χ0v) is 12.3. The van der Waals surface area contributed by atoms with Crippen molar-refractivity contribution < 1.29 is 17.9 Å². The van der Waals surface area contributed by atoms with Crippen molar-refractivity contribution in [2.75, 3.05) is 6.61 Å². The van der Waals surface area contributed by atoms with Crippen molar-refractivity contribution in [3.05, 3.63) is 0 Å². The summed E-state index contributed by atoms with van der Waals surface area (Å²) >= 11 is 0. The van der Waals surface area contributed by atoms with Crippen LogP contribution in [0.3, 0.4) is 0 Å². The van der Waals surface area contributed by atoms with Crippen molar-refractivity contribution in [1.82, 2.24) is 0 Å². The lowest BCUT2D eigenvalue weighted by Crippen LogP contribution is -2.27. The minimum Gasteiger partial charge on any atom is -0.478 e. The van der Waals surface area contributed by atoms with Crippen LogP contribution in [-0.4, -0.2) is 24.7 Å². The van der Waals surface area contributed by atoms with Gasteiger partial charge in [-0.3, -0.25) is 0 Å². The molecular formula is C15H26F3NO. The second kappa shape index (κ2) is 9.24. The Hall–Kier alpha value is -0.740. The lowest BCUT2D eigenvalue weighted by Gasteiger charge is -2.08. The van der Waals surface area contributed by atoms with Gasteiger partial charge in [-0.25, -0.2) is 4.99 Å². The molecule has 0 saturated carbocycles. The number of hydrogen-bond acceptors (Lipinski definition) is 2. The fourth-order valence-electron chi connectivity index (χ4n) is 2.31. The first-order valence-electron chi connectivity index (χ1n) is 7.80. The third kappa shape index (κ3) is 7.15. The average Bonchev–Trinajstić information content (AvgIpc) is 2.85. The summed E-state index contributed by atoms with van der Waals surface area (Å²) in [6, 6.07) is -1.64. The molecule has 0 N–H and O–H groups in total. The van der Waals surface area contributed by atoms with Gasteiger partial charge < -0.3 is 4.74 Å². The highest BCUT2D eigenvalue weighted by atomic mass is 19.4. The molecule has 0 aliphatic carbocycles. The van der Waals surface area contributed by atoms with Crippen LogP contribution in [0.25, 0.3) is 0 Å². The topological polar surface area (TPSA) is 21.6 Å². The zero-order valence-electron chi connectivity index (χ0n) is 12.3. The van der Waals surface area contributed by atoms with E-state index < -0.39 is 12.2 Å². The number of unbranched alkanes of at least 4 members (excludes halogenated alkanes) is 8. The Kier molecular flexibility index (Phi) is 8.00. The number of alkyl halides is 3. The van der Waals surface area contributed by atoms with Crippen LogP contribution in [0.2, 0.25) is 0 Å². The Morgan fingerprint density at radius 1 is 1.00 bits per heavy atom. The summed E-state index contributed by atoms with van der Waals surface area (Å²) in [7, 11) is 0. The first kappa shape index (κ1) is 17.3. The van der Waals surface area contributed by atoms with E-state index in [1.165, 1.54) is 38.5 Å². The SMILES string of the molecule is CCCCCCCCCCCC1=NC(C(F)(F)F)CO1. The van der Waals surface area contributed by atoms with Gasteiger partial charge in [0.25, 0.3) is 0 Å². The molecule has 118 valence electrons. The summed E-state index contributed by atoms with van der Waals surface area (Å²) in [4.78, 5) is 3.60. The molecule has 1 unspecified atom stereocenters. The highest BCUT2D eigenvalue weighted by Crippen LogP contribution is 2.27. The van der Waals surface area contributed by atoms with E-state index in [4.69, 9.17) is 4.74 Å². The van der Waals surface area contributed by atoms with Gasteiger partial charge in [-0.2, -0.15) is 13.2 Å². The Morgan fingerprint density at radius 2 is 1.55 bits per heavy atom. The molecule has 1 heterocycles. The van der Waals surface area contributed by atoms with E-state index in [2.05, 4.69) is 11.9 Å². The van der Waals surface area contributed by atoms with E-state index in [1.807, 2.05) is 0 Å². The van der Waals surface area contributed by atoms with Crippen molar-refractivity contribution in [3.8, 4) is 0 Å². The second-order valence-electron chi connectivity index (χ2n) is 5.47. The lowest BCUT2D eigenvalue weighted by molar-refractivity contribution is -0.149. The second-order valence-corrected chi connectivity index (χ2v) is 5.47. The number of nitrogens with zero attached hydrogens (tertiary/aromatic N) is 1. The number of ether oxygens (including phenoxy) is 1. The molecule has 0 aromatic heterocycles. The first-order valence-corrected chi connectivity index (χ1v) is 7.80. The predicted molar refractivity (Wildman–Crippen MR) is 75.1 cm³/mol. The van der Waals surface area contributed by atoms with Gasteiger partial charge in [0.15, 0.2) is 11.9 Å². The zero-order chi connectivity index (χ0) is 14.8. The summed E-state index contributed by atoms with van der Waals surface area (Å²) < 4.78 is 42.1. The summed E-state index contributed by atoms with van der Waals surface area (Å²) in [5.41, 5.74) is 0. The molecule has 0 amide bonds. The van der Waals surface area contributed by atoms with E-state index >= 15 is 0 Å². The molecule has 0 fully saturated rings. The van der Waals surface area contributed by atoms with E-state index in [0.717, 1.165) is 19.3 Å². The molecule has 0 spiro atoms. The summed E-state index contributed by atoms with van der Waals surface area (Å²) in [5.74, 6) is 0.287. The molecule has 0 aromatic rings. The van der Waals surface area contributed by atoms with Gasteiger partial charge >= 0.3 is 6.18 Å². The van der Waals surface area contributed by atoms with E-state index in [-0.39, 0.29) is 12.5 Å². The Morgan fingerprint density at radius 3 is 2.05 bits per heavy atom. The van der Waals surface area contributed by atoms with E-state index in [1.54, 1.807) is 0 Å². The fraction of sp³-hybridized carbons (Fsp3) is 0.933. The van der Waals surface area contributed by atoms with Crippen LogP contribution in [-0.2, 0) is 4.74 Å². The van der Waals surface area contributed by atoms with Crippen LogP contribution in [0.4, 0.5) is 13.2 Å². The smallest absolute Gasteiger partial charge is 0.414 e. The summed E-state index contributed by atoms with van der Waals surface area (Å²) in [6.45, 7) is 1.87. The van der Waals surface area contributed by atoms with E-state index in [0.29, 0.717) is 6.42 Å². The standard InChI is InChI=1S/C15H26F3NO/c1-2-3-4-5-6-7-8-9-10-11-14-19-13(12-20-14)15(16,17)18/h13H,2-12H2,1H3. The van der Waals surface area contributed by atoms with Crippen molar-refractivity contribution in [3.63, 3.8) is 0 Å². The molecule has 0 aromatic carbocycles. The average molecular weight is 293 g/mol. The third-order valence-electron chi connectivity index (χ3n) is 3.58. The maximum atomic E-state index is 12.4. The minimum absolute atomic E-state index is 0.287. The van der Waals surface area contributed by atoms with Gasteiger partial charge in [0.2, 0.25) is 0 Å². The molecular weight excluding hydrogens is 267 g/mol. The molecule has 0 radical (unpaired) electrons. The Labute approximate surface area is 119 Å². The molecule has 1 atom stereocenters. The van der Waals surface area contributed by atoms with Crippen LogP contribution in [0.5, 0.6) is 0 Å². The van der Waals surface area contributed by atoms with Gasteiger partial charge in [0.05, 0.1) is 0 Å². The number of aliphatic imine (C=N–C) groups is 1. The molecule has 0 bridgehead atoms. The van der Waals surface area contributed by atoms with Gasteiger partial charge in [-0.1, -0.05) is 58.3 Å². The van der Waals surface area contributed by atoms with Gasteiger partial charge in [-0.15, -0.1) is 0 Å². The highest BCUT2D eigenvalue weighted by Gasteiger charge is 2.43.